The molecule has 1 amide bonds. The Hall–Kier alpha value is -2.82. The molecule has 9 heteroatoms. The molecular formula is C31H40N4O4S. The van der Waals surface area contributed by atoms with Crippen molar-refractivity contribution in [2.75, 3.05) is 45.8 Å². The third-order valence-corrected chi connectivity index (χ3v) is 8.62. The summed E-state index contributed by atoms with van der Waals surface area (Å²) in [5.74, 6) is 0.650. The van der Waals surface area contributed by atoms with E-state index in [1.165, 1.54) is 20.9 Å². The maximum Gasteiger partial charge on any atom is 0.224 e. The van der Waals surface area contributed by atoms with Gasteiger partial charge in [0, 0.05) is 28.6 Å². The number of amides is 1. The smallest absolute Gasteiger partial charge is 0.224 e. The summed E-state index contributed by atoms with van der Waals surface area (Å²) in [5, 5.41) is 6.80. The first-order valence-electron chi connectivity index (χ1n) is 13.9. The molecule has 0 radical (unpaired) electrons. The van der Waals surface area contributed by atoms with Crippen LogP contribution in [0.3, 0.4) is 0 Å². The summed E-state index contributed by atoms with van der Waals surface area (Å²) >= 11 is 1.78. The van der Waals surface area contributed by atoms with Crippen molar-refractivity contribution in [3.8, 4) is 10.4 Å². The normalized spacial score (nSPS) is 20.2. The molecule has 8 nitrogen and oxygen atoms in total. The van der Waals surface area contributed by atoms with E-state index in [2.05, 4.69) is 73.0 Å². The van der Waals surface area contributed by atoms with Crippen molar-refractivity contribution >= 4 is 23.1 Å². The zero-order chi connectivity index (χ0) is 28.3. The molecule has 5 rings (SSSR count). The van der Waals surface area contributed by atoms with E-state index < -0.39 is 6.29 Å². The highest BCUT2D eigenvalue weighted by molar-refractivity contribution is 7.15. The van der Waals surface area contributed by atoms with Gasteiger partial charge in [-0.15, -0.1) is 11.3 Å². The summed E-state index contributed by atoms with van der Waals surface area (Å²) in [4.78, 5) is 22.6. The van der Waals surface area contributed by atoms with Crippen LogP contribution in [-0.4, -0.2) is 61.9 Å². The van der Waals surface area contributed by atoms with Crippen LogP contribution in [0, 0.1) is 6.92 Å². The predicted octanol–water partition coefficient (Wildman–Crippen LogP) is 5.24. The van der Waals surface area contributed by atoms with Crippen LogP contribution in [0.2, 0.25) is 0 Å². The highest BCUT2D eigenvalue weighted by Gasteiger charge is 2.33. The molecule has 2 aliphatic rings. The first-order valence-corrected chi connectivity index (χ1v) is 14.7. The molecule has 3 aromatic rings. The van der Waals surface area contributed by atoms with Gasteiger partial charge in [0.25, 0.3) is 0 Å². The molecule has 2 fully saturated rings. The number of carbonyl (C=O) groups excluding carboxylic acids is 1. The lowest BCUT2D eigenvalue weighted by atomic mass is 9.99. The number of pyridine rings is 1. The quantitative estimate of drug-likeness (QED) is 0.349. The van der Waals surface area contributed by atoms with Gasteiger partial charge >= 0.3 is 0 Å². The van der Waals surface area contributed by atoms with Crippen LogP contribution < -0.4 is 10.6 Å². The van der Waals surface area contributed by atoms with E-state index in [4.69, 9.17) is 19.2 Å². The van der Waals surface area contributed by atoms with Gasteiger partial charge in [0.05, 0.1) is 43.4 Å². The predicted molar refractivity (Wildman–Crippen MR) is 158 cm³/mol. The van der Waals surface area contributed by atoms with E-state index >= 15 is 0 Å². The number of benzene rings is 1. The second kappa shape index (κ2) is 12.4. The van der Waals surface area contributed by atoms with Crippen molar-refractivity contribution in [3.05, 3.63) is 69.7 Å². The fourth-order valence-corrected chi connectivity index (χ4v) is 6.43. The molecule has 2 saturated heterocycles. The van der Waals surface area contributed by atoms with Crippen molar-refractivity contribution < 1.29 is 19.0 Å². The minimum Gasteiger partial charge on any atom is -0.379 e. The van der Waals surface area contributed by atoms with Gasteiger partial charge in [-0.25, -0.2) is 4.98 Å². The van der Waals surface area contributed by atoms with Crippen LogP contribution in [0.15, 0.2) is 42.5 Å². The largest absolute Gasteiger partial charge is 0.379 e. The molecule has 2 atom stereocenters. The molecule has 40 heavy (non-hydrogen) atoms. The van der Waals surface area contributed by atoms with Gasteiger partial charge in [-0.3, -0.25) is 4.79 Å². The molecule has 1 aromatic carbocycles. The zero-order valence-corrected chi connectivity index (χ0v) is 24.9. The topological polar surface area (TPSA) is 85.0 Å². The zero-order valence-electron chi connectivity index (χ0n) is 24.1. The molecule has 214 valence electrons. The standard InChI is InChI=1S/C31H40N4O4S/c1-20-16-23(17-27(36)34-31(3)12-13-37-19-31)28(30-38-14-15-39-30)29(32-20)33-21(2)25-10-11-26(40-25)24-9-7-6-8-22(24)18-35(4)5/h6-11,16,21,30H,12-15,17-19H2,1-5H3,(H,32,33)(H,34,36). The minimum atomic E-state index is -0.562. The molecule has 0 saturated carbocycles. The number of aryl methyl sites for hydroxylation is 1. The van der Waals surface area contributed by atoms with E-state index in [-0.39, 0.29) is 23.9 Å². The lowest BCUT2D eigenvalue weighted by Gasteiger charge is -2.25. The summed E-state index contributed by atoms with van der Waals surface area (Å²) in [6.45, 7) is 9.22. The number of nitrogens with one attached hydrogen (secondary N) is 2. The van der Waals surface area contributed by atoms with Gasteiger partial charge < -0.3 is 29.7 Å². The number of carbonyl (C=O) groups is 1. The van der Waals surface area contributed by atoms with E-state index in [9.17, 15) is 4.79 Å². The van der Waals surface area contributed by atoms with Gasteiger partial charge in [-0.1, -0.05) is 24.3 Å². The van der Waals surface area contributed by atoms with Crippen LogP contribution in [0.5, 0.6) is 0 Å². The highest BCUT2D eigenvalue weighted by atomic mass is 32.1. The lowest BCUT2D eigenvalue weighted by molar-refractivity contribution is -0.122. The highest BCUT2D eigenvalue weighted by Crippen LogP contribution is 2.38. The second-order valence-electron chi connectivity index (χ2n) is 11.3. The summed E-state index contributed by atoms with van der Waals surface area (Å²) in [5.41, 5.74) is 4.72. The average Bonchev–Trinajstić information content (AvgIpc) is 3.66. The number of ether oxygens (including phenoxy) is 3. The molecule has 2 aliphatic heterocycles. The van der Waals surface area contributed by atoms with Crippen molar-refractivity contribution in [2.24, 2.45) is 0 Å². The second-order valence-corrected chi connectivity index (χ2v) is 12.4. The maximum atomic E-state index is 13.1. The van der Waals surface area contributed by atoms with Crippen molar-refractivity contribution in [2.45, 2.75) is 58.0 Å². The maximum absolute atomic E-state index is 13.1. The van der Waals surface area contributed by atoms with Crippen LogP contribution >= 0.6 is 11.3 Å². The molecule has 2 N–H and O–H groups in total. The Bertz CT molecular complexity index is 1330. The lowest BCUT2D eigenvalue weighted by Crippen LogP contribution is -2.47. The van der Waals surface area contributed by atoms with Crippen molar-refractivity contribution in [3.63, 3.8) is 0 Å². The number of hydrogen-bond acceptors (Lipinski definition) is 8. The van der Waals surface area contributed by atoms with Gasteiger partial charge in [-0.05, 0) is 76.2 Å². The third-order valence-electron chi connectivity index (χ3n) is 7.32. The Morgan fingerprint density at radius 1 is 1.15 bits per heavy atom. The summed E-state index contributed by atoms with van der Waals surface area (Å²) in [6.07, 6.45) is 0.461. The first kappa shape index (κ1) is 28.7. The summed E-state index contributed by atoms with van der Waals surface area (Å²) < 4.78 is 17.4. The Balaban J connectivity index is 1.40. The monoisotopic (exact) mass is 564 g/mol. The molecule has 2 unspecified atom stereocenters. The van der Waals surface area contributed by atoms with Gasteiger partial charge in [-0.2, -0.15) is 0 Å². The van der Waals surface area contributed by atoms with Crippen molar-refractivity contribution in [1.29, 1.82) is 0 Å². The molecule has 0 spiro atoms. The Morgan fingerprint density at radius 3 is 2.65 bits per heavy atom. The van der Waals surface area contributed by atoms with E-state index in [0.29, 0.717) is 32.2 Å². The summed E-state index contributed by atoms with van der Waals surface area (Å²) in [6, 6.07) is 14.9. The molecule has 2 aromatic heterocycles. The molecule has 4 heterocycles. The van der Waals surface area contributed by atoms with Crippen molar-refractivity contribution in [1.82, 2.24) is 15.2 Å². The van der Waals surface area contributed by atoms with Crippen LogP contribution in [0.25, 0.3) is 10.4 Å². The number of thiophene rings is 1. The van der Waals surface area contributed by atoms with Gasteiger partial charge in [0.1, 0.15) is 5.82 Å². The number of anilines is 1. The average molecular weight is 565 g/mol. The number of hydrogen-bond donors (Lipinski definition) is 2. The Labute approximate surface area is 241 Å². The summed E-state index contributed by atoms with van der Waals surface area (Å²) in [7, 11) is 4.18. The van der Waals surface area contributed by atoms with Crippen LogP contribution in [0.1, 0.15) is 59.9 Å². The fraction of sp³-hybridized carbons (Fsp3) is 0.484. The number of rotatable bonds is 10. The molecular weight excluding hydrogens is 524 g/mol. The number of nitrogens with zero attached hydrogens (tertiary/aromatic N) is 2. The van der Waals surface area contributed by atoms with Crippen LogP contribution in [0.4, 0.5) is 5.82 Å². The SMILES string of the molecule is Cc1cc(CC(=O)NC2(C)CCOC2)c(C2OCCO2)c(NC(C)c2ccc(-c3ccccc3CN(C)C)s2)n1. The van der Waals surface area contributed by atoms with Crippen LogP contribution in [-0.2, 0) is 32.0 Å². The molecule has 0 bridgehead atoms. The number of aromatic nitrogens is 1. The third kappa shape index (κ3) is 6.72. The first-order chi connectivity index (χ1) is 19.2. The van der Waals surface area contributed by atoms with E-state index in [1.807, 2.05) is 19.9 Å². The minimum absolute atomic E-state index is 0.00885. The Kier molecular flexibility index (Phi) is 8.87. The van der Waals surface area contributed by atoms with E-state index in [0.717, 1.165) is 29.8 Å². The van der Waals surface area contributed by atoms with E-state index in [1.54, 1.807) is 11.3 Å². The Morgan fingerprint density at radius 2 is 1.93 bits per heavy atom. The van der Waals surface area contributed by atoms with Gasteiger partial charge in [0.2, 0.25) is 5.91 Å². The van der Waals surface area contributed by atoms with Gasteiger partial charge in [0.15, 0.2) is 6.29 Å². The fourth-order valence-electron chi connectivity index (χ4n) is 5.36. The molecule has 0 aliphatic carbocycles.